The number of hydrogen-bond donors (Lipinski definition) is 1. The van der Waals surface area contributed by atoms with Crippen LogP contribution in [0, 0.1) is 0 Å². The average Bonchev–Trinajstić information content (AvgIpc) is 2.92. The quantitative estimate of drug-likeness (QED) is 0.300. The number of nitrogens with zero attached hydrogens (tertiary/aromatic N) is 1. The van der Waals surface area contributed by atoms with Crippen LogP contribution in [0.5, 0.6) is 0 Å². The molecule has 0 saturated heterocycles. The van der Waals surface area contributed by atoms with Crippen LogP contribution >= 0.6 is 11.6 Å². The van der Waals surface area contributed by atoms with Gasteiger partial charge in [0.25, 0.3) is 0 Å². The second-order valence-corrected chi connectivity index (χ2v) is 9.16. The van der Waals surface area contributed by atoms with Crippen molar-refractivity contribution in [2.24, 2.45) is 0 Å². The number of benzene rings is 4. The van der Waals surface area contributed by atoms with Gasteiger partial charge in [0.15, 0.2) is 0 Å². The molecule has 0 spiro atoms. The maximum atomic E-state index is 13.7. The van der Waals surface area contributed by atoms with Crippen molar-refractivity contribution in [3.63, 3.8) is 0 Å². The number of rotatable bonds is 10. The zero-order valence-corrected chi connectivity index (χ0v) is 20.8. The molecule has 4 aromatic carbocycles. The van der Waals surface area contributed by atoms with Crippen molar-refractivity contribution in [1.82, 2.24) is 10.2 Å². The molecule has 0 unspecified atom stereocenters. The van der Waals surface area contributed by atoms with Gasteiger partial charge in [-0.1, -0.05) is 115 Å². The van der Waals surface area contributed by atoms with Crippen molar-refractivity contribution >= 4 is 23.4 Å². The van der Waals surface area contributed by atoms with Crippen LogP contribution < -0.4 is 5.32 Å². The van der Waals surface area contributed by atoms with Crippen molar-refractivity contribution in [3.05, 3.63) is 143 Å². The van der Waals surface area contributed by atoms with Gasteiger partial charge in [-0.3, -0.25) is 9.59 Å². The summed E-state index contributed by atoms with van der Waals surface area (Å²) in [5.41, 5.74) is 3.82. The second kappa shape index (κ2) is 12.7. The molecule has 0 radical (unpaired) electrons. The van der Waals surface area contributed by atoms with Gasteiger partial charge >= 0.3 is 0 Å². The molecular weight excluding hydrogens is 468 g/mol. The van der Waals surface area contributed by atoms with Crippen LogP contribution in [0.15, 0.2) is 115 Å². The molecule has 4 nitrogen and oxygen atoms in total. The Hall–Kier alpha value is -3.89. The summed E-state index contributed by atoms with van der Waals surface area (Å²) >= 11 is 6.09. The van der Waals surface area contributed by atoms with Gasteiger partial charge in [0.1, 0.15) is 6.04 Å². The number of carbonyl (C=O) groups is 2. The largest absolute Gasteiger partial charge is 0.350 e. The van der Waals surface area contributed by atoms with E-state index in [0.29, 0.717) is 24.5 Å². The molecule has 0 aromatic heterocycles. The maximum Gasteiger partial charge on any atom is 0.243 e. The van der Waals surface area contributed by atoms with Crippen molar-refractivity contribution < 1.29 is 9.59 Å². The Morgan fingerprint density at radius 2 is 1.19 bits per heavy atom. The van der Waals surface area contributed by atoms with E-state index in [2.05, 4.69) is 5.32 Å². The smallest absolute Gasteiger partial charge is 0.243 e. The minimum atomic E-state index is -0.678. The molecule has 4 aromatic rings. The van der Waals surface area contributed by atoms with E-state index in [4.69, 9.17) is 11.6 Å². The third kappa shape index (κ3) is 7.30. The monoisotopic (exact) mass is 496 g/mol. The SMILES string of the molecule is O=C(NCc1ccccc1)[C@@H](Cc1ccccc1)N(Cc1ccc(Cl)cc1)C(=O)Cc1ccccc1. The van der Waals surface area contributed by atoms with Gasteiger partial charge in [-0.15, -0.1) is 0 Å². The first-order valence-electron chi connectivity index (χ1n) is 12.0. The number of nitrogens with one attached hydrogen (secondary N) is 1. The highest BCUT2D eigenvalue weighted by Crippen LogP contribution is 2.18. The first-order valence-corrected chi connectivity index (χ1v) is 12.4. The van der Waals surface area contributed by atoms with Gasteiger partial charge in [-0.05, 0) is 34.4 Å². The molecule has 2 amide bonds. The van der Waals surface area contributed by atoms with Crippen LogP contribution in [0.4, 0.5) is 0 Å². The summed E-state index contributed by atoms with van der Waals surface area (Å²) in [6.45, 7) is 0.700. The van der Waals surface area contributed by atoms with E-state index in [1.807, 2.05) is 103 Å². The summed E-state index contributed by atoms with van der Waals surface area (Å²) in [4.78, 5) is 29.0. The molecule has 0 fully saturated rings. The van der Waals surface area contributed by atoms with Gasteiger partial charge in [0, 0.05) is 24.5 Å². The Morgan fingerprint density at radius 3 is 1.78 bits per heavy atom. The predicted octanol–water partition coefficient (Wildman–Crippen LogP) is 5.84. The first kappa shape index (κ1) is 25.2. The number of carbonyl (C=O) groups excluding carboxylic acids is 2. The van der Waals surface area contributed by atoms with Gasteiger partial charge in [-0.2, -0.15) is 0 Å². The van der Waals surface area contributed by atoms with E-state index in [9.17, 15) is 9.59 Å². The Balaban J connectivity index is 1.63. The van der Waals surface area contributed by atoms with Gasteiger partial charge in [-0.25, -0.2) is 0 Å². The lowest BCUT2D eigenvalue weighted by Gasteiger charge is -2.32. The van der Waals surface area contributed by atoms with E-state index < -0.39 is 6.04 Å². The van der Waals surface area contributed by atoms with Crippen molar-refractivity contribution in [2.75, 3.05) is 0 Å². The lowest BCUT2D eigenvalue weighted by molar-refractivity contribution is -0.140. The molecule has 1 N–H and O–H groups in total. The average molecular weight is 497 g/mol. The molecule has 5 heteroatoms. The van der Waals surface area contributed by atoms with Crippen LogP contribution in [0.25, 0.3) is 0 Å². The van der Waals surface area contributed by atoms with E-state index in [0.717, 1.165) is 22.3 Å². The fourth-order valence-electron chi connectivity index (χ4n) is 4.12. The van der Waals surface area contributed by atoms with Crippen LogP contribution in [-0.2, 0) is 35.5 Å². The van der Waals surface area contributed by atoms with Gasteiger partial charge in [0.2, 0.25) is 11.8 Å². The Morgan fingerprint density at radius 1 is 0.667 bits per heavy atom. The minimum Gasteiger partial charge on any atom is -0.350 e. The highest BCUT2D eigenvalue weighted by molar-refractivity contribution is 6.30. The van der Waals surface area contributed by atoms with Crippen LogP contribution in [0.3, 0.4) is 0 Å². The van der Waals surface area contributed by atoms with Gasteiger partial charge < -0.3 is 10.2 Å². The van der Waals surface area contributed by atoms with Crippen molar-refractivity contribution in [2.45, 2.75) is 32.0 Å². The second-order valence-electron chi connectivity index (χ2n) is 8.72. The molecule has 0 aliphatic rings. The van der Waals surface area contributed by atoms with Gasteiger partial charge in [0.05, 0.1) is 6.42 Å². The van der Waals surface area contributed by atoms with E-state index >= 15 is 0 Å². The molecular formula is C31H29ClN2O2. The van der Waals surface area contributed by atoms with Crippen molar-refractivity contribution in [3.8, 4) is 0 Å². The number of halogens is 1. The molecule has 0 saturated carbocycles. The van der Waals surface area contributed by atoms with E-state index in [1.54, 1.807) is 17.0 Å². The fraction of sp³-hybridized carbons (Fsp3) is 0.161. The normalized spacial score (nSPS) is 11.5. The van der Waals surface area contributed by atoms with Crippen LogP contribution in [0.2, 0.25) is 5.02 Å². The molecule has 36 heavy (non-hydrogen) atoms. The number of amides is 2. The minimum absolute atomic E-state index is 0.105. The van der Waals surface area contributed by atoms with Crippen molar-refractivity contribution in [1.29, 1.82) is 0 Å². The number of hydrogen-bond acceptors (Lipinski definition) is 2. The lowest BCUT2D eigenvalue weighted by Crippen LogP contribution is -2.50. The Labute approximate surface area is 217 Å². The molecule has 0 heterocycles. The first-order chi connectivity index (χ1) is 17.6. The Bertz CT molecular complexity index is 1250. The highest BCUT2D eigenvalue weighted by atomic mass is 35.5. The predicted molar refractivity (Wildman–Crippen MR) is 144 cm³/mol. The third-order valence-electron chi connectivity index (χ3n) is 6.05. The van der Waals surface area contributed by atoms with E-state index in [-0.39, 0.29) is 18.2 Å². The zero-order chi connectivity index (χ0) is 25.2. The molecule has 0 bridgehead atoms. The third-order valence-corrected chi connectivity index (χ3v) is 6.30. The summed E-state index contributed by atoms with van der Waals surface area (Å²) in [5.74, 6) is -0.287. The summed E-state index contributed by atoms with van der Waals surface area (Å²) in [6.07, 6.45) is 0.626. The molecule has 1 atom stereocenters. The topological polar surface area (TPSA) is 49.4 Å². The standard InChI is InChI=1S/C31H29ClN2O2/c32-28-18-16-27(17-19-28)23-34(30(35)21-25-12-6-2-7-13-25)29(20-24-10-4-1-5-11-24)31(36)33-22-26-14-8-3-9-15-26/h1-19,29H,20-23H2,(H,33,36)/t29-/m1/s1. The maximum absolute atomic E-state index is 13.7. The highest BCUT2D eigenvalue weighted by Gasteiger charge is 2.30. The summed E-state index contributed by atoms with van der Waals surface area (Å²) in [7, 11) is 0. The van der Waals surface area contributed by atoms with Crippen LogP contribution in [0.1, 0.15) is 22.3 Å². The Kier molecular flexibility index (Phi) is 8.90. The fourth-order valence-corrected chi connectivity index (χ4v) is 4.24. The molecule has 4 rings (SSSR count). The molecule has 0 aliphatic carbocycles. The summed E-state index contributed by atoms with van der Waals surface area (Å²) in [6, 6.07) is 35.9. The van der Waals surface area contributed by atoms with E-state index in [1.165, 1.54) is 0 Å². The zero-order valence-electron chi connectivity index (χ0n) is 20.0. The molecule has 0 aliphatic heterocycles. The summed E-state index contributed by atoms with van der Waals surface area (Å²) in [5, 5.41) is 3.69. The molecule has 182 valence electrons. The summed E-state index contributed by atoms with van der Waals surface area (Å²) < 4.78 is 0. The van der Waals surface area contributed by atoms with Crippen LogP contribution in [-0.4, -0.2) is 22.8 Å². The lowest BCUT2D eigenvalue weighted by atomic mass is 10.0.